The van der Waals surface area contributed by atoms with Crippen molar-refractivity contribution in [2.24, 2.45) is 5.92 Å². The van der Waals surface area contributed by atoms with Crippen LogP contribution in [0.2, 0.25) is 0 Å². The van der Waals surface area contributed by atoms with E-state index in [4.69, 9.17) is 0 Å². The summed E-state index contributed by atoms with van der Waals surface area (Å²) in [5.41, 5.74) is 1.04. The fraction of sp³-hybridized carbons (Fsp3) is 0.273. The third-order valence-corrected chi connectivity index (χ3v) is 6.10. The second-order valence-corrected chi connectivity index (χ2v) is 7.94. The maximum atomic E-state index is 14.4. The molecule has 0 bridgehead atoms. The van der Waals surface area contributed by atoms with E-state index in [2.05, 4.69) is 31.1 Å². The molecule has 1 aliphatic heterocycles. The average Bonchev–Trinajstić information content (AvgIpc) is 3.60. The van der Waals surface area contributed by atoms with E-state index in [-0.39, 0.29) is 37.2 Å². The molecule has 0 aromatic carbocycles. The van der Waals surface area contributed by atoms with E-state index in [1.165, 1.54) is 17.3 Å². The Labute approximate surface area is 191 Å². The van der Waals surface area contributed by atoms with Crippen molar-refractivity contribution in [3.05, 3.63) is 54.3 Å². The topological polar surface area (TPSA) is 123 Å². The van der Waals surface area contributed by atoms with Crippen molar-refractivity contribution in [1.82, 2.24) is 29.7 Å². The number of halogens is 3. The average molecular weight is 463 g/mol. The first-order valence-electron chi connectivity index (χ1n) is 10.4. The highest BCUT2D eigenvalue weighted by atomic mass is 19.2. The van der Waals surface area contributed by atoms with Gasteiger partial charge in [-0.2, -0.15) is 29.4 Å². The maximum Gasteiger partial charge on any atom is 0.253 e. The lowest BCUT2D eigenvalue weighted by Crippen LogP contribution is -2.27. The van der Waals surface area contributed by atoms with Crippen LogP contribution in [0.25, 0.3) is 22.3 Å². The Balaban J connectivity index is 1.44. The van der Waals surface area contributed by atoms with Gasteiger partial charge in [-0.1, -0.05) is 0 Å². The Hall–Kier alpha value is -4.45. The van der Waals surface area contributed by atoms with Gasteiger partial charge < -0.3 is 9.88 Å². The normalized spacial score (nSPS) is 16.5. The zero-order chi connectivity index (χ0) is 23.8. The standard InChI is InChI=1S/C22H16F3N9/c23-17-15(7-27)19(21(25)32-20(17)24)33-6-3-12(9-33)16(1-4-26)34-10-13(8-31-34)18-14-2-5-28-22(14)30-11-29-18/h2,5,8,10-12,16H,1,3,6,9H2,(H,28,29,30)/t12?,16-/m0/s1. The number of anilines is 1. The summed E-state index contributed by atoms with van der Waals surface area (Å²) in [5.74, 6) is -4.53. The second kappa shape index (κ2) is 8.48. The Morgan fingerprint density at radius 3 is 2.85 bits per heavy atom. The summed E-state index contributed by atoms with van der Waals surface area (Å²) >= 11 is 0. The van der Waals surface area contributed by atoms with Crippen LogP contribution in [0, 0.1) is 46.3 Å². The molecule has 9 nitrogen and oxygen atoms in total. The van der Waals surface area contributed by atoms with Gasteiger partial charge in [-0.15, -0.1) is 0 Å². The Morgan fingerprint density at radius 1 is 1.21 bits per heavy atom. The lowest BCUT2D eigenvalue weighted by molar-refractivity contribution is 0.331. The van der Waals surface area contributed by atoms with Crippen LogP contribution in [0.3, 0.4) is 0 Å². The third kappa shape index (κ3) is 3.49. The summed E-state index contributed by atoms with van der Waals surface area (Å²) in [4.78, 5) is 16.0. The molecule has 1 unspecified atom stereocenters. The Bertz CT molecular complexity index is 1460. The van der Waals surface area contributed by atoms with Crippen LogP contribution in [0.15, 0.2) is 31.0 Å². The van der Waals surface area contributed by atoms with Gasteiger partial charge in [-0.25, -0.2) is 14.4 Å². The summed E-state index contributed by atoms with van der Waals surface area (Å²) in [6, 6.07) is 5.20. The van der Waals surface area contributed by atoms with Crippen LogP contribution in [0.4, 0.5) is 18.9 Å². The van der Waals surface area contributed by atoms with Crippen LogP contribution >= 0.6 is 0 Å². The summed E-state index contributed by atoms with van der Waals surface area (Å²) < 4.78 is 43.7. The monoisotopic (exact) mass is 463 g/mol. The highest BCUT2D eigenvalue weighted by Gasteiger charge is 2.35. The molecular weight excluding hydrogens is 447 g/mol. The van der Waals surface area contributed by atoms with Crippen molar-refractivity contribution in [2.75, 3.05) is 18.0 Å². The SMILES string of the molecule is N#CC[C@@H](C1CCN(c2c(F)nc(F)c(F)c2C#N)C1)n1cc(-c2ncnc3[nH]ccc23)cn1. The van der Waals surface area contributed by atoms with Crippen molar-refractivity contribution < 1.29 is 13.2 Å². The van der Waals surface area contributed by atoms with Gasteiger partial charge in [-0.05, 0) is 12.5 Å². The van der Waals surface area contributed by atoms with Gasteiger partial charge in [0.25, 0.3) is 5.95 Å². The molecular formula is C22H16F3N9. The predicted molar refractivity (Wildman–Crippen MR) is 114 cm³/mol. The number of fused-ring (bicyclic) bond motifs is 1. The molecule has 0 saturated carbocycles. The number of H-pyrrole nitrogens is 1. The molecule has 12 heteroatoms. The number of nitrogens with zero attached hydrogens (tertiary/aromatic N) is 8. The van der Waals surface area contributed by atoms with Crippen LogP contribution in [-0.2, 0) is 0 Å². The first-order valence-corrected chi connectivity index (χ1v) is 10.4. The lowest BCUT2D eigenvalue weighted by atomic mass is 9.96. The second-order valence-electron chi connectivity index (χ2n) is 7.94. The minimum atomic E-state index is -1.65. The number of rotatable bonds is 5. The minimum Gasteiger partial charge on any atom is -0.366 e. The largest absolute Gasteiger partial charge is 0.366 e. The molecule has 170 valence electrons. The van der Waals surface area contributed by atoms with E-state index in [1.54, 1.807) is 23.3 Å². The molecule has 34 heavy (non-hydrogen) atoms. The van der Waals surface area contributed by atoms with Crippen LogP contribution < -0.4 is 4.90 Å². The summed E-state index contributed by atoms with van der Waals surface area (Å²) in [7, 11) is 0. The molecule has 4 aromatic rings. The van der Waals surface area contributed by atoms with Crippen molar-refractivity contribution in [3.8, 4) is 23.4 Å². The highest BCUT2D eigenvalue weighted by Crippen LogP contribution is 2.36. The number of hydrogen-bond acceptors (Lipinski definition) is 7. The van der Waals surface area contributed by atoms with Crippen LogP contribution in [-0.4, -0.2) is 42.8 Å². The summed E-state index contributed by atoms with van der Waals surface area (Å²) in [5, 5.41) is 24.0. The van der Waals surface area contributed by atoms with Gasteiger partial charge in [0.15, 0.2) is 5.82 Å². The zero-order valence-corrected chi connectivity index (χ0v) is 17.6. The molecule has 4 aromatic heterocycles. The highest BCUT2D eigenvalue weighted by molar-refractivity contribution is 5.89. The van der Waals surface area contributed by atoms with Crippen molar-refractivity contribution >= 4 is 16.7 Å². The lowest BCUT2D eigenvalue weighted by Gasteiger charge is -2.24. The first kappa shape index (κ1) is 21.4. The molecule has 0 radical (unpaired) electrons. The number of nitriles is 2. The fourth-order valence-electron chi connectivity index (χ4n) is 4.51. The number of hydrogen-bond donors (Lipinski definition) is 1. The molecule has 1 N–H and O–H groups in total. The van der Waals surface area contributed by atoms with Gasteiger partial charge in [0.05, 0.1) is 30.4 Å². The van der Waals surface area contributed by atoms with Gasteiger partial charge in [0.2, 0.25) is 5.95 Å². The van der Waals surface area contributed by atoms with E-state index in [0.29, 0.717) is 17.8 Å². The van der Waals surface area contributed by atoms with Crippen LogP contribution in [0.5, 0.6) is 0 Å². The fourth-order valence-corrected chi connectivity index (χ4v) is 4.51. The quantitative estimate of drug-likeness (QED) is 0.450. The molecule has 2 atom stereocenters. The van der Waals surface area contributed by atoms with E-state index < -0.39 is 23.3 Å². The molecule has 1 fully saturated rings. The van der Waals surface area contributed by atoms with Crippen LogP contribution in [0.1, 0.15) is 24.4 Å². The Kier molecular flexibility index (Phi) is 5.34. The van der Waals surface area contributed by atoms with Gasteiger partial charge >= 0.3 is 0 Å². The predicted octanol–water partition coefficient (Wildman–Crippen LogP) is 3.49. The van der Waals surface area contributed by atoms with E-state index in [1.807, 2.05) is 6.07 Å². The third-order valence-electron chi connectivity index (χ3n) is 6.10. The first-order chi connectivity index (χ1) is 16.5. The molecule has 5 heterocycles. The molecule has 0 spiro atoms. The molecule has 5 rings (SSSR count). The van der Waals surface area contributed by atoms with Gasteiger partial charge in [0.1, 0.15) is 29.3 Å². The number of pyridine rings is 1. The van der Waals surface area contributed by atoms with Gasteiger partial charge in [0, 0.05) is 42.4 Å². The van der Waals surface area contributed by atoms with E-state index in [9.17, 15) is 23.7 Å². The van der Waals surface area contributed by atoms with E-state index >= 15 is 0 Å². The Morgan fingerprint density at radius 2 is 2.06 bits per heavy atom. The maximum absolute atomic E-state index is 14.4. The smallest absolute Gasteiger partial charge is 0.253 e. The molecule has 1 saturated heterocycles. The van der Waals surface area contributed by atoms with Crippen molar-refractivity contribution in [1.29, 1.82) is 10.5 Å². The number of aromatic nitrogens is 6. The molecule has 1 aliphatic rings. The van der Waals surface area contributed by atoms with Crippen molar-refractivity contribution in [2.45, 2.75) is 18.9 Å². The van der Waals surface area contributed by atoms with E-state index in [0.717, 1.165) is 10.9 Å². The summed E-state index contributed by atoms with van der Waals surface area (Å²) in [6.45, 7) is 0.504. The van der Waals surface area contributed by atoms with Crippen molar-refractivity contribution in [3.63, 3.8) is 0 Å². The van der Waals surface area contributed by atoms with Gasteiger partial charge in [-0.3, -0.25) is 4.68 Å². The number of aromatic amines is 1. The minimum absolute atomic E-state index is 0.132. The number of nitrogens with one attached hydrogen (secondary N) is 1. The molecule has 0 aliphatic carbocycles. The molecule has 0 amide bonds. The zero-order valence-electron chi connectivity index (χ0n) is 17.6. The summed E-state index contributed by atoms with van der Waals surface area (Å²) in [6.07, 6.45) is 7.32.